The van der Waals surface area contributed by atoms with Crippen LogP contribution in [0.4, 0.5) is 5.82 Å². The third-order valence-corrected chi connectivity index (χ3v) is 5.10. The lowest BCUT2D eigenvalue weighted by atomic mass is 10.0. The van der Waals surface area contributed by atoms with Gasteiger partial charge < -0.3 is 15.0 Å². The molecular formula is C23H23N3O3. The number of benzene rings is 1. The zero-order valence-corrected chi connectivity index (χ0v) is 16.4. The number of fused-ring (bicyclic) bond motifs is 1. The number of methoxy groups -OCH3 is 1. The quantitative estimate of drug-likeness (QED) is 0.815. The Kier molecular flexibility index (Phi) is 5.42. The molecule has 1 aromatic carbocycles. The van der Waals surface area contributed by atoms with Crippen molar-refractivity contribution < 1.29 is 14.3 Å². The second-order valence-electron chi connectivity index (χ2n) is 7.28. The normalized spacial score (nSPS) is 16.0. The van der Waals surface area contributed by atoms with Crippen molar-refractivity contribution in [2.75, 3.05) is 25.5 Å². The first-order chi connectivity index (χ1) is 14.1. The number of aryl methyl sites for hydroxylation is 1. The molecule has 148 valence electrons. The van der Waals surface area contributed by atoms with Crippen LogP contribution in [0.3, 0.4) is 0 Å². The molecule has 2 aliphatic rings. The first-order valence-corrected chi connectivity index (χ1v) is 9.70. The summed E-state index contributed by atoms with van der Waals surface area (Å²) in [6.45, 7) is 1.29. The number of pyridine rings is 1. The van der Waals surface area contributed by atoms with Gasteiger partial charge in [0.15, 0.2) is 0 Å². The van der Waals surface area contributed by atoms with E-state index in [-0.39, 0.29) is 11.8 Å². The molecule has 6 nitrogen and oxygen atoms in total. The fraction of sp³-hybridized carbons (Fsp3) is 0.261. The van der Waals surface area contributed by atoms with Gasteiger partial charge in [-0.25, -0.2) is 4.98 Å². The fourth-order valence-corrected chi connectivity index (χ4v) is 3.46. The van der Waals surface area contributed by atoms with E-state index in [1.165, 1.54) is 5.57 Å². The minimum atomic E-state index is -0.0138. The SMILES string of the molecule is COc1ccc(C=C2CN(C(=O)C=Cc3cnc4c(c3)CCCC(=O)N4)C2)cc1. The number of rotatable bonds is 4. The first kappa shape index (κ1) is 18.9. The van der Waals surface area contributed by atoms with Crippen LogP contribution in [0.5, 0.6) is 5.75 Å². The highest BCUT2D eigenvalue weighted by molar-refractivity contribution is 5.94. The van der Waals surface area contributed by atoms with E-state index in [1.54, 1.807) is 30.4 Å². The summed E-state index contributed by atoms with van der Waals surface area (Å²) in [5.41, 5.74) is 4.20. The molecule has 1 fully saturated rings. The summed E-state index contributed by atoms with van der Waals surface area (Å²) in [7, 11) is 1.65. The molecule has 1 aromatic heterocycles. The maximum Gasteiger partial charge on any atom is 0.247 e. The van der Waals surface area contributed by atoms with Gasteiger partial charge in [0.1, 0.15) is 11.6 Å². The number of amides is 2. The molecule has 2 aromatic rings. The van der Waals surface area contributed by atoms with Gasteiger partial charge in [0.25, 0.3) is 0 Å². The Bertz CT molecular complexity index is 985. The van der Waals surface area contributed by atoms with Crippen molar-refractivity contribution in [2.45, 2.75) is 19.3 Å². The van der Waals surface area contributed by atoms with E-state index in [4.69, 9.17) is 4.74 Å². The highest BCUT2D eigenvalue weighted by Gasteiger charge is 2.23. The molecule has 2 amide bonds. The smallest absolute Gasteiger partial charge is 0.247 e. The van der Waals surface area contributed by atoms with Crippen LogP contribution in [-0.4, -0.2) is 41.9 Å². The lowest BCUT2D eigenvalue weighted by molar-refractivity contribution is -0.127. The van der Waals surface area contributed by atoms with Crippen LogP contribution in [0.15, 0.2) is 48.2 Å². The molecule has 0 spiro atoms. The Morgan fingerprint density at radius 3 is 2.72 bits per heavy atom. The molecule has 0 atom stereocenters. The molecule has 3 heterocycles. The number of hydrogen-bond donors (Lipinski definition) is 1. The molecule has 0 bridgehead atoms. The predicted molar refractivity (Wildman–Crippen MR) is 112 cm³/mol. The van der Waals surface area contributed by atoms with Gasteiger partial charge in [0, 0.05) is 31.8 Å². The maximum atomic E-state index is 12.4. The third kappa shape index (κ3) is 4.54. The van der Waals surface area contributed by atoms with E-state index in [2.05, 4.69) is 16.4 Å². The van der Waals surface area contributed by atoms with Crippen LogP contribution < -0.4 is 10.1 Å². The Hall–Kier alpha value is -3.41. The number of anilines is 1. The van der Waals surface area contributed by atoms with Crippen LogP contribution in [0.1, 0.15) is 29.5 Å². The molecular weight excluding hydrogens is 366 g/mol. The standard InChI is InChI=1S/C23H23N3O3/c1-29-20-8-5-16(6-9-20)11-18-14-26(15-18)22(28)10-7-17-12-19-3-2-4-21(27)25-23(19)24-13-17/h5-13H,2-4,14-15H2,1H3,(H,24,25,27). The highest BCUT2D eigenvalue weighted by Crippen LogP contribution is 2.22. The molecule has 1 saturated heterocycles. The first-order valence-electron chi connectivity index (χ1n) is 9.70. The van der Waals surface area contributed by atoms with Gasteiger partial charge in [0.2, 0.25) is 11.8 Å². The van der Waals surface area contributed by atoms with Crippen molar-refractivity contribution in [3.63, 3.8) is 0 Å². The molecule has 0 saturated carbocycles. The Morgan fingerprint density at radius 1 is 1.17 bits per heavy atom. The number of carbonyl (C=O) groups excluding carboxylic acids is 2. The second-order valence-corrected chi connectivity index (χ2v) is 7.28. The summed E-state index contributed by atoms with van der Waals surface area (Å²) >= 11 is 0. The van der Waals surface area contributed by atoms with Gasteiger partial charge in [-0.2, -0.15) is 0 Å². The largest absolute Gasteiger partial charge is 0.497 e. The van der Waals surface area contributed by atoms with Gasteiger partial charge >= 0.3 is 0 Å². The minimum absolute atomic E-state index is 0.00556. The van der Waals surface area contributed by atoms with E-state index < -0.39 is 0 Å². The van der Waals surface area contributed by atoms with Gasteiger partial charge in [-0.15, -0.1) is 0 Å². The molecule has 0 aliphatic carbocycles. The van der Waals surface area contributed by atoms with E-state index in [9.17, 15) is 9.59 Å². The molecule has 2 aliphatic heterocycles. The summed E-state index contributed by atoms with van der Waals surface area (Å²) in [6, 6.07) is 9.85. The average molecular weight is 389 g/mol. The van der Waals surface area contributed by atoms with Gasteiger partial charge in [0.05, 0.1) is 7.11 Å². The van der Waals surface area contributed by atoms with Gasteiger partial charge in [-0.1, -0.05) is 18.2 Å². The summed E-state index contributed by atoms with van der Waals surface area (Å²) in [5.74, 6) is 1.45. The Labute approximate surface area is 169 Å². The fourth-order valence-electron chi connectivity index (χ4n) is 3.46. The molecule has 0 unspecified atom stereocenters. The highest BCUT2D eigenvalue weighted by atomic mass is 16.5. The number of aromatic nitrogens is 1. The van der Waals surface area contributed by atoms with Crippen molar-refractivity contribution in [2.24, 2.45) is 0 Å². The molecule has 4 rings (SSSR count). The van der Waals surface area contributed by atoms with Crippen LogP contribution in [0, 0.1) is 0 Å². The number of nitrogens with one attached hydrogen (secondary N) is 1. The molecule has 29 heavy (non-hydrogen) atoms. The van der Waals surface area contributed by atoms with Gasteiger partial charge in [-0.3, -0.25) is 9.59 Å². The second kappa shape index (κ2) is 8.31. The van der Waals surface area contributed by atoms with Crippen LogP contribution >= 0.6 is 0 Å². The number of ether oxygens (including phenoxy) is 1. The molecule has 6 heteroatoms. The summed E-state index contributed by atoms with van der Waals surface area (Å²) in [5, 5.41) is 2.82. The van der Waals surface area contributed by atoms with E-state index >= 15 is 0 Å². The Balaban J connectivity index is 1.34. The zero-order chi connectivity index (χ0) is 20.2. The van der Waals surface area contributed by atoms with Crippen LogP contribution in [0.25, 0.3) is 12.2 Å². The van der Waals surface area contributed by atoms with E-state index in [1.807, 2.05) is 30.3 Å². The minimum Gasteiger partial charge on any atom is -0.497 e. The van der Waals surface area contributed by atoms with Crippen molar-refractivity contribution in [3.8, 4) is 5.75 Å². The monoisotopic (exact) mass is 389 g/mol. The lowest BCUT2D eigenvalue weighted by Crippen LogP contribution is -2.43. The number of nitrogens with zero attached hydrogens (tertiary/aromatic N) is 2. The summed E-state index contributed by atoms with van der Waals surface area (Å²) in [4.78, 5) is 30.1. The third-order valence-electron chi connectivity index (χ3n) is 5.10. The summed E-state index contributed by atoms with van der Waals surface area (Å²) in [6.07, 6.45) is 9.29. The van der Waals surface area contributed by atoms with E-state index in [0.717, 1.165) is 35.3 Å². The van der Waals surface area contributed by atoms with Gasteiger partial charge in [-0.05, 0) is 59.4 Å². The molecule has 1 N–H and O–H groups in total. The zero-order valence-electron chi connectivity index (χ0n) is 16.4. The topological polar surface area (TPSA) is 71.5 Å². The van der Waals surface area contributed by atoms with Crippen molar-refractivity contribution in [1.29, 1.82) is 0 Å². The number of hydrogen-bond acceptors (Lipinski definition) is 4. The van der Waals surface area contributed by atoms with Crippen LogP contribution in [0.2, 0.25) is 0 Å². The van der Waals surface area contributed by atoms with Crippen molar-refractivity contribution in [3.05, 3.63) is 64.9 Å². The van der Waals surface area contributed by atoms with Crippen molar-refractivity contribution >= 4 is 29.8 Å². The van der Waals surface area contributed by atoms with Crippen molar-refractivity contribution in [1.82, 2.24) is 9.88 Å². The van der Waals surface area contributed by atoms with E-state index in [0.29, 0.717) is 25.3 Å². The lowest BCUT2D eigenvalue weighted by Gasteiger charge is -2.33. The predicted octanol–water partition coefficient (Wildman–Crippen LogP) is 3.30. The number of carbonyl (C=O) groups is 2. The average Bonchev–Trinajstić information content (AvgIpc) is 2.89. The number of likely N-dealkylation sites (tertiary alicyclic amines) is 1. The maximum absolute atomic E-state index is 12.4. The molecule has 0 radical (unpaired) electrons. The summed E-state index contributed by atoms with van der Waals surface area (Å²) < 4.78 is 5.16. The van der Waals surface area contributed by atoms with Crippen LogP contribution in [-0.2, 0) is 16.0 Å². The Morgan fingerprint density at radius 2 is 1.97 bits per heavy atom.